The first-order valence-corrected chi connectivity index (χ1v) is 6.70. The highest BCUT2D eigenvalue weighted by atomic mass is 14.9. The van der Waals surface area contributed by atoms with Gasteiger partial charge < -0.3 is 5.32 Å². The molecule has 92 valence electrons. The van der Waals surface area contributed by atoms with E-state index < -0.39 is 0 Å². The Morgan fingerprint density at radius 1 is 1.47 bits per heavy atom. The molecule has 0 heterocycles. The number of hydrogen-bond donors (Lipinski definition) is 1. The van der Waals surface area contributed by atoms with E-state index in [0.29, 0.717) is 12.0 Å². The number of fused-ring (bicyclic) bond motifs is 1. The minimum absolute atomic E-state index is 0.432. The predicted octanol–water partition coefficient (Wildman–Crippen LogP) is 3.66. The van der Waals surface area contributed by atoms with Crippen LogP contribution in [0.5, 0.6) is 0 Å². The lowest BCUT2D eigenvalue weighted by atomic mass is 9.77. The van der Waals surface area contributed by atoms with Crippen LogP contribution in [0.25, 0.3) is 0 Å². The normalized spacial score (nSPS) is 20.7. The quantitative estimate of drug-likeness (QED) is 0.777. The van der Waals surface area contributed by atoms with Crippen LogP contribution in [-0.2, 0) is 6.42 Å². The molecule has 2 atom stereocenters. The second kappa shape index (κ2) is 5.50. The van der Waals surface area contributed by atoms with E-state index >= 15 is 0 Å². The van der Waals surface area contributed by atoms with Crippen LogP contribution < -0.4 is 5.32 Å². The van der Waals surface area contributed by atoms with Crippen molar-refractivity contribution in [2.75, 3.05) is 6.54 Å². The molecule has 1 aliphatic carbocycles. The van der Waals surface area contributed by atoms with Crippen molar-refractivity contribution in [2.24, 2.45) is 0 Å². The second-order valence-electron chi connectivity index (χ2n) is 5.08. The summed E-state index contributed by atoms with van der Waals surface area (Å²) in [5, 5.41) is 3.59. The van der Waals surface area contributed by atoms with Gasteiger partial charge in [-0.2, -0.15) is 0 Å². The zero-order chi connectivity index (χ0) is 12.3. The molecule has 1 aromatic rings. The van der Waals surface area contributed by atoms with Crippen LogP contribution in [0.1, 0.15) is 43.7 Å². The fraction of sp³-hybridized carbons (Fsp3) is 0.500. The summed E-state index contributed by atoms with van der Waals surface area (Å²) in [4.78, 5) is 0. The Balaban J connectivity index is 2.30. The average molecular weight is 229 g/mol. The average Bonchev–Trinajstić information content (AvgIpc) is 2.35. The van der Waals surface area contributed by atoms with Gasteiger partial charge in [0, 0.05) is 12.0 Å². The van der Waals surface area contributed by atoms with Gasteiger partial charge in [-0.15, -0.1) is 0 Å². The third-order valence-electron chi connectivity index (χ3n) is 3.77. The first-order chi connectivity index (χ1) is 8.24. The molecule has 1 heteroatoms. The number of aryl methyl sites for hydroxylation is 1. The molecule has 0 spiro atoms. The molecule has 17 heavy (non-hydrogen) atoms. The highest BCUT2D eigenvalue weighted by Crippen LogP contribution is 2.35. The summed E-state index contributed by atoms with van der Waals surface area (Å²) in [5.41, 5.74) is 4.33. The Hall–Kier alpha value is -1.08. The van der Waals surface area contributed by atoms with Gasteiger partial charge in [0.1, 0.15) is 0 Å². The summed E-state index contributed by atoms with van der Waals surface area (Å²) >= 11 is 0. The van der Waals surface area contributed by atoms with Crippen LogP contribution >= 0.6 is 0 Å². The molecular weight excluding hydrogens is 206 g/mol. The van der Waals surface area contributed by atoms with Gasteiger partial charge in [0.05, 0.1) is 0 Å². The lowest BCUT2D eigenvalue weighted by Gasteiger charge is -2.33. The second-order valence-corrected chi connectivity index (χ2v) is 5.08. The zero-order valence-electron chi connectivity index (χ0n) is 11.0. The van der Waals surface area contributed by atoms with Crippen LogP contribution in [0, 0.1) is 0 Å². The molecule has 0 saturated carbocycles. The molecular formula is C16H23N. The minimum atomic E-state index is 0.432. The van der Waals surface area contributed by atoms with E-state index in [1.807, 2.05) is 0 Å². The van der Waals surface area contributed by atoms with E-state index in [1.165, 1.54) is 36.0 Å². The lowest BCUT2D eigenvalue weighted by Crippen LogP contribution is -2.37. The fourth-order valence-corrected chi connectivity index (χ4v) is 3.02. The summed E-state index contributed by atoms with van der Waals surface area (Å²) < 4.78 is 0. The molecule has 2 rings (SSSR count). The first kappa shape index (κ1) is 12.4. The molecule has 1 aliphatic rings. The Morgan fingerprint density at radius 2 is 2.24 bits per heavy atom. The zero-order valence-corrected chi connectivity index (χ0v) is 11.0. The van der Waals surface area contributed by atoms with Gasteiger partial charge in [0.25, 0.3) is 0 Å². The Kier molecular flexibility index (Phi) is 4.01. The fourth-order valence-electron chi connectivity index (χ4n) is 3.02. The van der Waals surface area contributed by atoms with Crippen molar-refractivity contribution in [3.63, 3.8) is 0 Å². The van der Waals surface area contributed by atoms with Gasteiger partial charge in [-0.25, -0.2) is 0 Å². The molecule has 0 saturated heterocycles. The monoisotopic (exact) mass is 229 g/mol. The van der Waals surface area contributed by atoms with Crippen molar-refractivity contribution in [1.82, 2.24) is 5.32 Å². The van der Waals surface area contributed by atoms with E-state index in [9.17, 15) is 0 Å². The van der Waals surface area contributed by atoms with Crippen molar-refractivity contribution >= 4 is 0 Å². The van der Waals surface area contributed by atoms with E-state index in [-0.39, 0.29) is 0 Å². The summed E-state index contributed by atoms with van der Waals surface area (Å²) in [6.45, 7) is 9.48. The minimum Gasteiger partial charge on any atom is -0.310 e. The highest BCUT2D eigenvalue weighted by molar-refractivity contribution is 5.35. The van der Waals surface area contributed by atoms with Gasteiger partial charge in [0.2, 0.25) is 0 Å². The van der Waals surface area contributed by atoms with E-state index in [1.54, 1.807) is 0 Å². The SMILES string of the molecule is C=C(C)C(NCC)C1CCCc2ccccc21. The van der Waals surface area contributed by atoms with Crippen LogP contribution in [0.4, 0.5) is 0 Å². The van der Waals surface area contributed by atoms with Crippen molar-refractivity contribution in [3.05, 3.63) is 47.5 Å². The number of nitrogens with one attached hydrogen (secondary N) is 1. The molecule has 0 aliphatic heterocycles. The molecule has 2 unspecified atom stereocenters. The number of hydrogen-bond acceptors (Lipinski definition) is 1. The van der Waals surface area contributed by atoms with Crippen molar-refractivity contribution in [3.8, 4) is 0 Å². The lowest BCUT2D eigenvalue weighted by molar-refractivity contribution is 0.437. The van der Waals surface area contributed by atoms with Crippen LogP contribution in [0.2, 0.25) is 0 Å². The maximum absolute atomic E-state index is 4.16. The molecule has 1 nitrogen and oxygen atoms in total. The molecule has 0 radical (unpaired) electrons. The topological polar surface area (TPSA) is 12.0 Å². The van der Waals surface area contributed by atoms with Gasteiger partial charge in [-0.05, 0) is 43.9 Å². The first-order valence-electron chi connectivity index (χ1n) is 6.70. The summed E-state index contributed by atoms with van der Waals surface area (Å²) in [6, 6.07) is 9.33. The van der Waals surface area contributed by atoms with Gasteiger partial charge in [-0.1, -0.05) is 43.3 Å². The predicted molar refractivity (Wildman–Crippen MR) is 74.4 cm³/mol. The van der Waals surface area contributed by atoms with Crippen LogP contribution in [0.3, 0.4) is 0 Å². The van der Waals surface area contributed by atoms with Crippen LogP contribution in [-0.4, -0.2) is 12.6 Å². The van der Waals surface area contributed by atoms with Gasteiger partial charge in [-0.3, -0.25) is 0 Å². The summed E-state index contributed by atoms with van der Waals surface area (Å²) in [6.07, 6.45) is 3.82. The Morgan fingerprint density at radius 3 is 2.94 bits per heavy atom. The number of benzene rings is 1. The van der Waals surface area contributed by atoms with Crippen molar-refractivity contribution < 1.29 is 0 Å². The maximum atomic E-state index is 4.16. The Bertz CT molecular complexity index is 394. The Labute approximate surface area is 105 Å². The molecule has 0 bridgehead atoms. The molecule has 1 N–H and O–H groups in total. The highest BCUT2D eigenvalue weighted by Gasteiger charge is 2.27. The van der Waals surface area contributed by atoms with E-state index in [0.717, 1.165) is 6.54 Å². The van der Waals surface area contributed by atoms with Gasteiger partial charge >= 0.3 is 0 Å². The van der Waals surface area contributed by atoms with Crippen molar-refractivity contribution in [1.29, 1.82) is 0 Å². The largest absolute Gasteiger partial charge is 0.310 e. The molecule has 0 fully saturated rings. The third-order valence-corrected chi connectivity index (χ3v) is 3.77. The van der Waals surface area contributed by atoms with E-state index in [4.69, 9.17) is 0 Å². The standard InChI is InChI=1S/C16H23N/c1-4-17-16(12(2)3)15-11-7-9-13-8-5-6-10-14(13)15/h5-6,8,10,15-17H,2,4,7,9,11H2,1,3H3. The van der Waals surface area contributed by atoms with Crippen molar-refractivity contribution in [2.45, 2.75) is 45.1 Å². The molecule has 0 aromatic heterocycles. The van der Waals surface area contributed by atoms with E-state index in [2.05, 4.69) is 50.0 Å². The van der Waals surface area contributed by atoms with Gasteiger partial charge in [0.15, 0.2) is 0 Å². The molecule has 0 amide bonds. The van der Waals surface area contributed by atoms with Crippen LogP contribution in [0.15, 0.2) is 36.4 Å². The summed E-state index contributed by atoms with van der Waals surface area (Å²) in [7, 11) is 0. The molecule has 1 aromatic carbocycles. The summed E-state index contributed by atoms with van der Waals surface area (Å²) in [5.74, 6) is 0.609. The third kappa shape index (κ3) is 2.61. The number of likely N-dealkylation sites (N-methyl/N-ethyl adjacent to an activating group) is 1. The number of rotatable bonds is 4. The smallest absolute Gasteiger partial charge is 0.0343 e. The maximum Gasteiger partial charge on any atom is 0.0343 e.